The van der Waals surface area contributed by atoms with Crippen molar-refractivity contribution in [1.29, 1.82) is 0 Å². The van der Waals surface area contributed by atoms with E-state index >= 15 is 0 Å². The van der Waals surface area contributed by atoms with Crippen molar-refractivity contribution in [3.63, 3.8) is 0 Å². The molecule has 1 amide bonds. The van der Waals surface area contributed by atoms with E-state index in [1.54, 1.807) is 0 Å². The van der Waals surface area contributed by atoms with E-state index in [9.17, 15) is 4.79 Å². The van der Waals surface area contributed by atoms with Gasteiger partial charge < -0.3 is 15.4 Å². The van der Waals surface area contributed by atoms with Crippen LogP contribution >= 0.6 is 0 Å². The SMILES string of the molecule is CN1CCC(NC(=O)OC(C)(C)C)CC12CNC2. The molecule has 1 unspecified atom stereocenters. The number of rotatable bonds is 1. The molecule has 5 nitrogen and oxygen atoms in total. The Labute approximate surface area is 109 Å². The molecule has 0 aliphatic carbocycles. The van der Waals surface area contributed by atoms with Gasteiger partial charge in [0.05, 0.1) is 0 Å². The van der Waals surface area contributed by atoms with Crippen molar-refractivity contribution in [1.82, 2.24) is 15.5 Å². The summed E-state index contributed by atoms with van der Waals surface area (Å²) in [7, 11) is 2.17. The van der Waals surface area contributed by atoms with Crippen LogP contribution in [0.3, 0.4) is 0 Å². The molecule has 104 valence electrons. The van der Waals surface area contributed by atoms with E-state index in [0.29, 0.717) is 0 Å². The van der Waals surface area contributed by atoms with Gasteiger partial charge in [0, 0.05) is 31.2 Å². The van der Waals surface area contributed by atoms with Crippen molar-refractivity contribution in [2.45, 2.75) is 50.8 Å². The fourth-order valence-electron chi connectivity index (χ4n) is 2.73. The van der Waals surface area contributed by atoms with Crippen LogP contribution in [0.2, 0.25) is 0 Å². The monoisotopic (exact) mass is 255 g/mol. The highest BCUT2D eigenvalue weighted by molar-refractivity contribution is 5.68. The molecule has 0 radical (unpaired) electrons. The van der Waals surface area contributed by atoms with Gasteiger partial charge >= 0.3 is 6.09 Å². The molecular formula is C13H25N3O2. The van der Waals surface area contributed by atoms with Gasteiger partial charge in [-0.1, -0.05) is 0 Å². The van der Waals surface area contributed by atoms with Gasteiger partial charge in [-0.15, -0.1) is 0 Å². The quantitative estimate of drug-likeness (QED) is 0.732. The van der Waals surface area contributed by atoms with Crippen molar-refractivity contribution in [2.24, 2.45) is 0 Å². The van der Waals surface area contributed by atoms with E-state index in [1.807, 2.05) is 20.8 Å². The van der Waals surface area contributed by atoms with Crippen LogP contribution in [-0.4, -0.2) is 54.9 Å². The van der Waals surface area contributed by atoms with Crippen molar-refractivity contribution in [3.05, 3.63) is 0 Å². The minimum Gasteiger partial charge on any atom is -0.444 e. The van der Waals surface area contributed by atoms with Crippen LogP contribution in [0.1, 0.15) is 33.6 Å². The molecule has 0 aromatic rings. The van der Waals surface area contributed by atoms with Crippen molar-refractivity contribution < 1.29 is 9.53 Å². The highest BCUT2D eigenvalue weighted by Gasteiger charge is 2.45. The third kappa shape index (κ3) is 2.95. The van der Waals surface area contributed by atoms with Gasteiger partial charge in [-0.2, -0.15) is 0 Å². The number of hydrogen-bond acceptors (Lipinski definition) is 4. The molecule has 5 heteroatoms. The van der Waals surface area contributed by atoms with Gasteiger partial charge in [0.2, 0.25) is 0 Å². The van der Waals surface area contributed by atoms with Crippen LogP contribution < -0.4 is 10.6 Å². The van der Waals surface area contributed by atoms with E-state index < -0.39 is 5.60 Å². The molecular weight excluding hydrogens is 230 g/mol. The zero-order chi connectivity index (χ0) is 13.4. The Morgan fingerprint density at radius 1 is 1.44 bits per heavy atom. The average Bonchev–Trinajstić information content (AvgIpc) is 2.15. The molecule has 0 bridgehead atoms. The molecule has 2 aliphatic rings. The first kappa shape index (κ1) is 13.6. The number of alkyl carbamates (subject to hydrolysis) is 1. The first-order valence-electron chi connectivity index (χ1n) is 6.72. The molecule has 2 aliphatic heterocycles. The zero-order valence-electron chi connectivity index (χ0n) is 11.9. The average molecular weight is 255 g/mol. The van der Waals surface area contributed by atoms with Gasteiger partial charge in [-0.05, 0) is 40.7 Å². The molecule has 0 saturated carbocycles. The maximum Gasteiger partial charge on any atom is 0.407 e. The highest BCUT2D eigenvalue weighted by Crippen LogP contribution is 2.30. The smallest absolute Gasteiger partial charge is 0.407 e. The molecule has 2 heterocycles. The van der Waals surface area contributed by atoms with Gasteiger partial charge in [0.15, 0.2) is 0 Å². The Hall–Kier alpha value is -0.810. The van der Waals surface area contributed by atoms with Crippen molar-refractivity contribution in [3.8, 4) is 0 Å². The van der Waals surface area contributed by atoms with Crippen molar-refractivity contribution >= 4 is 6.09 Å². The maximum atomic E-state index is 11.8. The number of amides is 1. The van der Waals surface area contributed by atoms with E-state index in [1.165, 1.54) is 0 Å². The van der Waals surface area contributed by atoms with Gasteiger partial charge in [-0.25, -0.2) is 4.79 Å². The Bertz CT molecular complexity index is 321. The Kier molecular flexibility index (Phi) is 3.56. The first-order chi connectivity index (χ1) is 8.31. The minimum absolute atomic E-state index is 0.234. The number of carbonyl (C=O) groups is 1. The van der Waals surface area contributed by atoms with E-state index in [4.69, 9.17) is 4.74 Å². The summed E-state index contributed by atoms with van der Waals surface area (Å²) in [5.74, 6) is 0. The van der Waals surface area contributed by atoms with Crippen molar-refractivity contribution in [2.75, 3.05) is 26.7 Å². The Morgan fingerprint density at radius 3 is 2.61 bits per heavy atom. The van der Waals surface area contributed by atoms with Gasteiger partial charge in [0.25, 0.3) is 0 Å². The topological polar surface area (TPSA) is 53.6 Å². The number of ether oxygens (including phenoxy) is 1. The number of nitrogens with zero attached hydrogens (tertiary/aromatic N) is 1. The number of hydrogen-bond donors (Lipinski definition) is 2. The second-order valence-electron chi connectivity index (χ2n) is 6.59. The van der Waals surface area contributed by atoms with Crippen LogP contribution in [0.15, 0.2) is 0 Å². The molecule has 0 aromatic heterocycles. The molecule has 2 saturated heterocycles. The van der Waals surface area contributed by atoms with Gasteiger partial charge in [-0.3, -0.25) is 4.90 Å². The summed E-state index contributed by atoms with van der Waals surface area (Å²) in [4.78, 5) is 14.2. The molecule has 1 spiro atoms. The molecule has 18 heavy (non-hydrogen) atoms. The summed E-state index contributed by atoms with van der Waals surface area (Å²) in [6.45, 7) is 8.74. The molecule has 0 aromatic carbocycles. The maximum absolute atomic E-state index is 11.8. The van der Waals surface area contributed by atoms with E-state index in [2.05, 4.69) is 22.6 Å². The van der Waals surface area contributed by atoms with E-state index in [0.717, 1.165) is 32.5 Å². The standard InChI is InChI=1S/C13H25N3O2/c1-12(2,3)18-11(17)15-10-5-6-16(4)13(7-10)8-14-9-13/h10,14H,5-9H2,1-4H3,(H,15,17). The van der Waals surface area contributed by atoms with Crippen LogP contribution in [0.4, 0.5) is 4.79 Å². The number of carbonyl (C=O) groups excluding carboxylic acids is 1. The Balaban J connectivity index is 1.85. The third-order valence-electron chi connectivity index (χ3n) is 3.88. The summed E-state index contributed by atoms with van der Waals surface area (Å²) in [6, 6.07) is 0.234. The zero-order valence-corrected chi connectivity index (χ0v) is 11.9. The van der Waals surface area contributed by atoms with Gasteiger partial charge in [0.1, 0.15) is 5.60 Å². The van der Waals surface area contributed by atoms with Crippen LogP contribution in [-0.2, 0) is 4.74 Å². The fraction of sp³-hybridized carbons (Fsp3) is 0.923. The first-order valence-corrected chi connectivity index (χ1v) is 6.72. The summed E-state index contributed by atoms with van der Waals surface area (Å²) < 4.78 is 5.31. The summed E-state index contributed by atoms with van der Waals surface area (Å²) in [5, 5.41) is 6.33. The number of nitrogens with one attached hydrogen (secondary N) is 2. The molecule has 2 fully saturated rings. The van der Waals surface area contributed by atoms with E-state index in [-0.39, 0.29) is 17.7 Å². The summed E-state index contributed by atoms with van der Waals surface area (Å²) in [6.07, 6.45) is 1.72. The van der Waals surface area contributed by atoms with Crippen LogP contribution in [0.5, 0.6) is 0 Å². The normalized spacial score (nSPS) is 27.7. The predicted octanol–water partition coefficient (Wildman–Crippen LogP) is 0.947. The summed E-state index contributed by atoms with van der Waals surface area (Å²) in [5.41, 5.74) is -0.177. The lowest BCUT2D eigenvalue weighted by atomic mass is 9.79. The molecule has 1 atom stereocenters. The van der Waals surface area contributed by atoms with Crippen LogP contribution in [0.25, 0.3) is 0 Å². The molecule has 2 rings (SSSR count). The fourth-order valence-corrected chi connectivity index (χ4v) is 2.73. The lowest BCUT2D eigenvalue weighted by Crippen LogP contribution is -2.72. The largest absolute Gasteiger partial charge is 0.444 e. The highest BCUT2D eigenvalue weighted by atomic mass is 16.6. The Morgan fingerprint density at radius 2 is 2.11 bits per heavy atom. The van der Waals surface area contributed by atoms with Crippen LogP contribution in [0, 0.1) is 0 Å². The lowest BCUT2D eigenvalue weighted by Gasteiger charge is -2.54. The second kappa shape index (κ2) is 4.70. The second-order valence-corrected chi connectivity index (χ2v) is 6.59. The number of piperidine rings is 1. The third-order valence-corrected chi connectivity index (χ3v) is 3.88. The predicted molar refractivity (Wildman–Crippen MR) is 70.6 cm³/mol. The minimum atomic E-state index is -0.425. The number of likely N-dealkylation sites (tertiary alicyclic amines) is 1. The lowest BCUT2D eigenvalue weighted by molar-refractivity contribution is 0.00485. The number of likely N-dealkylation sites (N-methyl/N-ethyl adjacent to an activating group) is 1. The summed E-state index contributed by atoms with van der Waals surface area (Å²) >= 11 is 0. The molecule has 2 N–H and O–H groups in total.